The van der Waals surface area contributed by atoms with Gasteiger partial charge in [-0.15, -0.1) is 0 Å². The minimum Gasteiger partial charge on any atom is -0.454 e. The zero-order chi connectivity index (χ0) is 19.6. The Kier molecular flexibility index (Phi) is 5.59. The highest BCUT2D eigenvalue weighted by Crippen LogP contribution is 2.35. The van der Waals surface area contributed by atoms with Gasteiger partial charge in [-0.25, -0.2) is 13.2 Å². The molecule has 0 saturated heterocycles. The Morgan fingerprint density at radius 1 is 1.11 bits per heavy atom. The molecule has 0 aliphatic carbocycles. The van der Waals surface area contributed by atoms with Crippen LogP contribution in [0.15, 0.2) is 41.3 Å². The van der Waals surface area contributed by atoms with Gasteiger partial charge in [0.1, 0.15) is 10.6 Å². The molecule has 0 saturated carbocycles. The predicted octanol–water partition coefficient (Wildman–Crippen LogP) is 3.32. The first-order valence-electron chi connectivity index (χ1n) is 8.28. The molecule has 1 aliphatic rings. The van der Waals surface area contributed by atoms with Crippen LogP contribution in [-0.2, 0) is 10.0 Å². The number of ether oxygens (including phenoxy) is 3. The molecule has 0 atom stereocenters. The smallest absolute Gasteiger partial charge is 0.343 e. The van der Waals surface area contributed by atoms with Crippen LogP contribution in [0.4, 0.5) is 0 Å². The quantitative estimate of drug-likeness (QED) is 0.535. The molecule has 2 aromatic rings. The summed E-state index contributed by atoms with van der Waals surface area (Å²) in [5.41, 5.74) is 0.0720. The lowest BCUT2D eigenvalue weighted by atomic mass is 10.2. The van der Waals surface area contributed by atoms with Gasteiger partial charge in [-0.1, -0.05) is 25.4 Å². The van der Waals surface area contributed by atoms with Gasteiger partial charge in [0.05, 0.1) is 10.6 Å². The number of hydrogen-bond donors (Lipinski definition) is 0. The first-order chi connectivity index (χ1) is 12.9. The highest BCUT2D eigenvalue weighted by molar-refractivity contribution is 7.89. The number of benzene rings is 2. The van der Waals surface area contributed by atoms with E-state index in [1.165, 1.54) is 28.6 Å². The van der Waals surface area contributed by atoms with Crippen molar-refractivity contribution in [2.45, 2.75) is 18.7 Å². The molecule has 3 rings (SSSR count). The molecule has 0 amide bonds. The number of nitrogens with zero attached hydrogens (tertiary/aromatic N) is 1. The van der Waals surface area contributed by atoms with E-state index >= 15 is 0 Å². The van der Waals surface area contributed by atoms with Gasteiger partial charge >= 0.3 is 5.97 Å². The maximum Gasteiger partial charge on any atom is 0.343 e. The van der Waals surface area contributed by atoms with Crippen molar-refractivity contribution in [2.75, 3.05) is 19.9 Å². The number of esters is 1. The van der Waals surface area contributed by atoms with E-state index in [-0.39, 0.29) is 28.0 Å². The van der Waals surface area contributed by atoms with Crippen molar-refractivity contribution in [1.82, 2.24) is 4.31 Å². The molecule has 0 N–H and O–H groups in total. The molecular formula is C18H18ClNO6S. The average Bonchev–Trinajstić information content (AvgIpc) is 3.10. The fourth-order valence-electron chi connectivity index (χ4n) is 2.64. The molecule has 0 unspecified atom stereocenters. The van der Waals surface area contributed by atoms with Crippen LogP contribution in [-0.4, -0.2) is 38.6 Å². The van der Waals surface area contributed by atoms with Crippen molar-refractivity contribution in [3.8, 4) is 17.2 Å². The molecular weight excluding hydrogens is 394 g/mol. The number of carbonyl (C=O) groups excluding carboxylic acids is 1. The lowest BCUT2D eigenvalue weighted by Crippen LogP contribution is -2.31. The Morgan fingerprint density at radius 3 is 2.52 bits per heavy atom. The number of halogens is 1. The standard InChI is InChI=1S/C18H18ClNO6S/c1-3-20(4-2)27(22,23)17-9-12(5-7-14(17)19)18(21)26-13-6-8-15-16(10-13)25-11-24-15/h5-10H,3-4,11H2,1-2H3. The van der Waals surface area contributed by atoms with Crippen molar-refractivity contribution < 1.29 is 27.4 Å². The van der Waals surface area contributed by atoms with Crippen LogP contribution in [0.3, 0.4) is 0 Å². The second-order valence-electron chi connectivity index (χ2n) is 5.64. The maximum atomic E-state index is 12.7. The Morgan fingerprint density at radius 2 is 1.81 bits per heavy atom. The zero-order valence-electron chi connectivity index (χ0n) is 14.8. The third kappa shape index (κ3) is 3.87. The molecule has 1 aliphatic heterocycles. The second-order valence-corrected chi connectivity index (χ2v) is 7.95. The van der Waals surface area contributed by atoms with Crippen molar-refractivity contribution in [1.29, 1.82) is 0 Å². The van der Waals surface area contributed by atoms with E-state index in [0.717, 1.165) is 0 Å². The summed E-state index contributed by atoms with van der Waals surface area (Å²) in [7, 11) is -3.81. The fraction of sp³-hybridized carbons (Fsp3) is 0.278. The third-order valence-corrected chi connectivity index (χ3v) is 6.58. The molecule has 1 heterocycles. The van der Waals surface area contributed by atoms with E-state index in [0.29, 0.717) is 24.6 Å². The van der Waals surface area contributed by atoms with Gasteiger partial charge in [0.25, 0.3) is 0 Å². The minimum absolute atomic E-state index is 0.0431. The molecule has 0 bridgehead atoms. The van der Waals surface area contributed by atoms with Gasteiger partial charge < -0.3 is 14.2 Å². The summed E-state index contributed by atoms with van der Waals surface area (Å²) in [4.78, 5) is 12.3. The SMILES string of the molecule is CCN(CC)S(=O)(=O)c1cc(C(=O)Oc2ccc3c(c2)OCO3)ccc1Cl. The van der Waals surface area contributed by atoms with E-state index in [1.54, 1.807) is 26.0 Å². The number of sulfonamides is 1. The number of rotatable bonds is 6. The average molecular weight is 412 g/mol. The molecule has 144 valence electrons. The topological polar surface area (TPSA) is 82.1 Å². The summed E-state index contributed by atoms with van der Waals surface area (Å²) < 4.78 is 42.5. The van der Waals surface area contributed by atoms with E-state index < -0.39 is 16.0 Å². The summed E-state index contributed by atoms with van der Waals surface area (Å²) in [5.74, 6) is 0.587. The molecule has 7 nitrogen and oxygen atoms in total. The van der Waals surface area contributed by atoms with Gasteiger partial charge in [-0.2, -0.15) is 4.31 Å². The van der Waals surface area contributed by atoms with Crippen molar-refractivity contribution >= 4 is 27.6 Å². The number of hydrogen-bond acceptors (Lipinski definition) is 6. The first kappa shape index (κ1) is 19.5. The molecule has 0 spiro atoms. The maximum absolute atomic E-state index is 12.7. The molecule has 2 aromatic carbocycles. The summed E-state index contributed by atoms with van der Waals surface area (Å²) in [6, 6.07) is 8.74. The van der Waals surface area contributed by atoms with Crippen LogP contribution in [0, 0.1) is 0 Å². The second kappa shape index (κ2) is 7.75. The Labute approximate surface area is 162 Å². The lowest BCUT2D eigenvalue weighted by molar-refractivity contribution is 0.0734. The Hall–Kier alpha value is -2.29. The van der Waals surface area contributed by atoms with Crippen molar-refractivity contribution in [3.05, 3.63) is 47.0 Å². The largest absolute Gasteiger partial charge is 0.454 e. The van der Waals surface area contributed by atoms with Gasteiger partial charge in [0.15, 0.2) is 11.5 Å². The number of carbonyl (C=O) groups is 1. The molecule has 0 radical (unpaired) electrons. The molecule has 27 heavy (non-hydrogen) atoms. The van der Waals surface area contributed by atoms with E-state index in [1.807, 2.05) is 0 Å². The van der Waals surface area contributed by atoms with Gasteiger partial charge in [0.2, 0.25) is 16.8 Å². The first-order valence-corrected chi connectivity index (χ1v) is 10.1. The van der Waals surface area contributed by atoms with Crippen LogP contribution in [0.2, 0.25) is 5.02 Å². The van der Waals surface area contributed by atoms with Gasteiger partial charge in [-0.05, 0) is 30.3 Å². The highest BCUT2D eigenvalue weighted by atomic mass is 35.5. The molecule has 9 heteroatoms. The predicted molar refractivity (Wildman–Crippen MR) is 99.1 cm³/mol. The molecule has 0 aromatic heterocycles. The monoisotopic (exact) mass is 411 g/mol. The van der Waals surface area contributed by atoms with Crippen LogP contribution >= 0.6 is 11.6 Å². The van der Waals surface area contributed by atoms with Crippen LogP contribution in [0.5, 0.6) is 17.2 Å². The van der Waals surface area contributed by atoms with Crippen molar-refractivity contribution in [2.24, 2.45) is 0 Å². The van der Waals surface area contributed by atoms with Gasteiger partial charge in [0, 0.05) is 19.2 Å². The fourth-order valence-corrected chi connectivity index (χ4v) is 4.60. The van der Waals surface area contributed by atoms with Crippen LogP contribution < -0.4 is 14.2 Å². The van der Waals surface area contributed by atoms with Crippen LogP contribution in [0.25, 0.3) is 0 Å². The third-order valence-electron chi connectivity index (χ3n) is 4.04. The van der Waals surface area contributed by atoms with Gasteiger partial charge in [-0.3, -0.25) is 0 Å². The highest BCUT2D eigenvalue weighted by Gasteiger charge is 2.26. The zero-order valence-corrected chi connectivity index (χ0v) is 16.3. The summed E-state index contributed by atoms with van der Waals surface area (Å²) in [5, 5.41) is 0.0431. The summed E-state index contributed by atoms with van der Waals surface area (Å²) in [6.07, 6.45) is 0. The lowest BCUT2D eigenvalue weighted by Gasteiger charge is -2.19. The van der Waals surface area contributed by atoms with E-state index in [2.05, 4.69) is 0 Å². The Balaban J connectivity index is 1.88. The minimum atomic E-state index is -3.81. The molecule has 0 fully saturated rings. The van der Waals surface area contributed by atoms with Crippen LogP contribution in [0.1, 0.15) is 24.2 Å². The van der Waals surface area contributed by atoms with Crippen molar-refractivity contribution in [3.63, 3.8) is 0 Å². The summed E-state index contributed by atoms with van der Waals surface area (Å²) >= 11 is 6.08. The van der Waals surface area contributed by atoms with E-state index in [9.17, 15) is 13.2 Å². The summed E-state index contributed by atoms with van der Waals surface area (Å²) in [6.45, 7) is 4.15. The Bertz CT molecular complexity index is 972. The number of fused-ring (bicyclic) bond motifs is 1. The normalized spacial score (nSPS) is 13.0. The van der Waals surface area contributed by atoms with E-state index in [4.69, 9.17) is 25.8 Å².